The first-order chi connectivity index (χ1) is 19.1. The van der Waals surface area contributed by atoms with Gasteiger partial charge in [-0.15, -0.1) is 0 Å². The molecule has 2 amide bonds. The number of pyridine rings is 1. The smallest absolute Gasteiger partial charge is 0.334 e. The van der Waals surface area contributed by atoms with Gasteiger partial charge in [-0.05, 0) is 96.8 Å². The number of amides is 2. The van der Waals surface area contributed by atoms with Gasteiger partial charge in [0.2, 0.25) is 0 Å². The summed E-state index contributed by atoms with van der Waals surface area (Å²) in [6.45, 7) is 2.97. The van der Waals surface area contributed by atoms with Gasteiger partial charge in [0.15, 0.2) is 0 Å². The molecule has 0 bridgehead atoms. The molecule has 1 fully saturated rings. The molecular weight excluding hydrogens is 580 g/mol. The third-order valence-electron chi connectivity index (χ3n) is 7.36. The number of hydrogen-bond acceptors (Lipinski definition) is 4. The van der Waals surface area contributed by atoms with Crippen LogP contribution >= 0.6 is 35.0 Å². The van der Waals surface area contributed by atoms with E-state index in [1.165, 1.54) is 6.07 Å². The molecule has 5 nitrogen and oxygen atoms in total. The quantitative estimate of drug-likeness (QED) is 0.230. The second-order valence-corrected chi connectivity index (χ2v) is 12.0. The molecule has 1 aromatic heterocycles. The van der Waals surface area contributed by atoms with E-state index in [0.29, 0.717) is 22.4 Å². The van der Waals surface area contributed by atoms with Crippen molar-refractivity contribution in [3.05, 3.63) is 93.7 Å². The zero-order chi connectivity index (χ0) is 28.3. The van der Waals surface area contributed by atoms with Gasteiger partial charge >= 0.3 is 11.5 Å². The lowest BCUT2D eigenvalue weighted by molar-refractivity contribution is -0.0328. The molecule has 3 heterocycles. The number of rotatable bonds is 6. The van der Waals surface area contributed by atoms with Crippen molar-refractivity contribution in [3.63, 3.8) is 0 Å². The number of carbonyl (C=O) groups is 1. The van der Waals surface area contributed by atoms with Crippen molar-refractivity contribution in [1.82, 2.24) is 15.2 Å². The number of fused-ring (bicyclic) bond motifs is 2. The molecule has 210 valence electrons. The first-order valence-electron chi connectivity index (χ1n) is 12.8. The Morgan fingerprint density at radius 1 is 1.07 bits per heavy atom. The number of urea groups is 1. The monoisotopic (exact) mass is 606 g/mol. The van der Waals surface area contributed by atoms with Gasteiger partial charge in [0.1, 0.15) is 5.15 Å². The summed E-state index contributed by atoms with van der Waals surface area (Å²) in [4.78, 5) is 21.4. The van der Waals surface area contributed by atoms with Crippen LogP contribution in [0.3, 0.4) is 0 Å². The molecule has 1 spiro atoms. The molecule has 2 aromatic carbocycles. The Kier molecular flexibility index (Phi) is 8.66. The number of nitrogens with one attached hydrogen (secondary N) is 1. The van der Waals surface area contributed by atoms with Gasteiger partial charge in [-0.25, -0.2) is 9.78 Å². The zero-order valence-corrected chi connectivity index (χ0v) is 23.8. The number of aromatic nitrogens is 1. The average molecular weight is 608 g/mol. The number of likely N-dealkylation sites (tertiary alicyclic amines) is 1. The summed E-state index contributed by atoms with van der Waals surface area (Å²) in [5.41, 5.74) is -1.46. The number of hydrogen-bond donors (Lipinski definition) is 1. The van der Waals surface area contributed by atoms with E-state index in [4.69, 9.17) is 23.2 Å². The number of carbonyl (C=O) groups excluding carboxylic acids is 1. The number of anilines is 1. The third kappa shape index (κ3) is 6.94. The lowest BCUT2D eigenvalue weighted by Crippen LogP contribution is -2.47. The molecule has 0 atom stereocenters. The van der Waals surface area contributed by atoms with Crippen LogP contribution in [-0.4, -0.2) is 47.6 Å². The maximum absolute atomic E-state index is 13.3. The van der Waals surface area contributed by atoms with Crippen LogP contribution in [0.1, 0.15) is 29.5 Å². The lowest BCUT2D eigenvalue weighted by Gasteiger charge is -2.39. The molecule has 3 aromatic rings. The van der Waals surface area contributed by atoms with Gasteiger partial charge in [0, 0.05) is 46.9 Å². The Morgan fingerprint density at radius 3 is 2.52 bits per heavy atom. The lowest BCUT2D eigenvalue weighted by atomic mass is 9.74. The maximum atomic E-state index is 13.3. The van der Waals surface area contributed by atoms with Crippen molar-refractivity contribution in [2.45, 2.75) is 35.2 Å². The highest BCUT2D eigenvalue weighted by atomic mass is 35.5. The third-order valence-corrected chi connectivity index (χ3v) is 8.54. The van der Waals surface area contributed by atoms with E-state index >= 15 is 0 Å². The van der Waals surface area contributed by atoms with Gasteiger partial charge in [0.25, 0.3) is 0 Å². The standard InChI is InChI=1S/C29H27Cl2F3N4OS/c30-22-5-3-20(4-6-22)2-1-13-37-14-10-28(11-15-37)19-38(27(39)36-18-21-9-12-35-26(31)16-21)25-8-7-23(17-24(25)28)40-29(32,33)34/h1-9,12,16-17H,10-11,13-15,18-19H2,(H,36,39). The number of nitrogens with zero attached hydrogens (tertiary/aromatic N) is 3. The Labute approximate surface area is 245 Å². The van der Waals surface area contributed by atoms with Crippen molar-refractivity contribution >= 4 is 52.8 Å². The van der Waals surface area contributed by atoms with Crippen LogP contribution in [-0.2, 0) is 12.0 Å². The number of thioether (sulfide) groups is 1. The molecule has 0 saturated carbocycles. The molecule has 0 unspecified atom stereocenters. The summed E-state index contributed by atoms with van der Waals surface area (Å²) in [7, 11) is 0. The van der Waals surface area contributed by atoms with Crippen LogP contribution in [0.15, 0.2) is 71.8 Å². The number of piperidine rings is 1. The summed E-state index contributed by atoms with van der Waals surface area (Å²) in [5, 5.41) is 3.95. The first kappa shape index (κ1) is 28.8. The normalized spacial score (nSPS) is 17.0. The number of alkyl halides is 3. The van der Waals surface area contributed by atoms with E-state index in [1.807, 2.05) is 30.3 Å². The van der Waals surface area contributed by atoms with E-state index in [-0.39, 0.29) is 29.2 Å². The van der Waals surface area contributed by atoms with Gasteiger partial charge in [-0.3, -0.25) is 9.80 Å². The molecule has 40 heavy (non-hydrogen) atoms. The minimum Gasteiger partial charge on any atom is -0.334 e. The largest absolute Gasteiger partial charge is 0.446 e. The fraction of sp³-hybridized carbons (Fsp3) is 0.310. The van der Waals surface area contributed by atoms with Gasteiger partial charge in [-0.1, -0.05) is 47.5 Å². The Bertz CT molecular complexity index is 1390. The minimum atomic E-state index is -4.39. The molecule has 0 aliphatic carbocycles. The van der Waals surface area contributed by atoms with Crippen LogP contribution in [0.5, 0.6) is 0 Å². The maximum Gasteiger partial charge on any atom is 0.446 e. The second kappa shape index (κ2) is 12.0. The highest BCUT2D eigenvalue weighted by molar-refractivity contribution is 8.00. The molecule has 2 aliphatic heterocycles. The molecule has 1 saturated heterocycles. The molecular formula is C29H27Cl2F3N4OS. The Balaban J connectivity index is 1.31. The van der Waals surface area contributed by atoms with Crippen molar-refractivity contribution < 1.29 is 18.0 Å². The van der Waals surface area contributed by atoms with Crippen LogP contribution in [0, 0.1) is 0 Å². The molecule has 5 rings (SSSR count). The van der Waals surface area contributed by atoms with E-state index in [9.17, 15) is 18.0 Å². The predicted molar refractivity (Wildman–Crippen MR) is 155 cm³/mol. The van der Waals surface area contributed by atoms with E-state index in [2.05, 4.69) is 21.3 Å². The van der Waals surface area contributed by atoms with Crippen molar-refractivity contribution in [2.24, 2.45) is 0 Å². The van der Waals surface area contributed by atoms with E-state index in [1.54, 1.807) is 35.4 Å². The summed E-state index contributed by atoms with van der Waals surface area (Å²) >= 11 is 11.8. The molecule has 1 N–H and O–H groups in total. The van der Waals surface area contributed by atoms with Gasteiger partial charge in [0.05, 0.1) is 0 Å². The highest BCUT2D eigenvalue weighted by Crippen LogP contribution is 2.49. The predicted octanol–water partition coefficient (Wildman–Crippen LogP) is 7.78. The van der Waals surface area contributed by atoms with Gasteiger partial charge in [-0.2, -0.15) is 13.2 Å². The van der Waals surface area contributed by atoms with E-state index in [0.717, 1.165) is 49.2 Å². The van der Waals surface area contributed by atoms with Gasteiger partial charge < -0.3 is 5.32 Å². The highest BCUT2D eigenvalue weighted by Gasteiger charge is 2.46. The number of benzene rings is 2. The fourth-order valence-corrected chi connectivity index (χ4v) is 6.26. The SMILES string of the molecule is O=C(NCc1ccnc(Cl)c1)N1CC2(CCN(CC=Cc3ccc(Cl)cc3)CC2)c2cc(SC(F)(F)F)ccc21. The summed E-state index contributed by atoms with van der Waals surface area (Å²) in [6, 6.07) is 15.5. The van der Waals surface area contributed by atoms with Crippen molar-refractivity contribution in [3.8, 4) is 0 Å². The van der Waals surface area contributed by atoms with Crippen LogP contribution in [0.4, 0.5) is 23.7 Å². The summed E-state index contributed by atoms with van der Waals surface area (Å²) in [6.07, 6.45) is 7.20. The number of halogens is 5. The molecule has 0 radical (unpaired) electrons. The second-order valence-electron chi connectivity index (χ2n) is 9.99. The summed E-state index contributed by atoms with van der Waals surface area (Å²) < 4.78 is 39.6. The molecule has 2 aliphatic rings. The topological polar surface area (TPSA) is 48.5 Å². The Morgan fingerprint density at radius 2 is 1.82 bits per heavy atom. The van der Waals surface area contributed by atoms with Crippen LogP contribution < -0.4 is 10.2 Å². The van der Waals surface area contributed by atoms with Crippen LogP contribution in [0.25, 0.3) is 6.08 Å². The Hall–Kier alpha value is -2.72. The molecule has 11 heteroatoms. The summed E-state index contributed by atoms with van der Waals surface area (Å²) in [5.74, 6) is 0. The minimum absolute atomic E-state index is 0.122. The zero-order valence-electron chi connectivity index (χ0n) is 21.4. The van der Waals surface area contributed by atoms with Crippen molar-refractivity contribution in [2.75, 3.05) is 31.1 Å². The fourth-order valence-electron chi connectivity index (χ4n) is 5.36. The average Bonchev–Trinajstić information content (AvgIpc) is 3.22. The van der Waals surface area contributed by atoms with Crippen molar-refractivity contribution in [1.29, 1.82) is 0 Å². The van der Waals surface area contributed by atoms with E-state index < -0.39 is 10.9 Å². The first-order valence-corrected chi connectivity index (χ1v) is 14.4. The van der Waals surface area contributed by atoms with Crippen LogP contribution in [0.2, 0.25) is 10.2 Å².